The van der Waals surface area contributed by atoms with Crippen LogP contribution in [0.25, 0.3) is 10.6 Å². The van der Waals surface area contributed by atoms with Gasteiger partial charge >= 0.3 is 0 Å². The fraction of sp³-hybridized carbons (Fsp3) is 0.333. The van der Waals surface area contributed by atoms with Gasteiger partial charge in [0.05, 0.1) is 29.8 Å². The largest absolute Gasteiger partial charge is 0.490 e. The molecular formula is C24H28N2O3S. The van der Waals surface area contributed by atoms with Crippen LogP contribution in [0.3, 0.4) is 0 Å². The smallest absolute Gasteiger partial charge is 0.220 e. The third kappa shape index (κ3) is 5.83. The quantitative estimate of drug-likeness (QED) is 0.433. The number of ether oxygens (including phenoxy) is 2. The van der Waals surface area contributed by atoms with Crippen LogP contribution in [0.5, 0.6) is 11.5 Å². The first-order valence-electron chi connectivity index (χ1n) is 10.2. The van der Waals surface area contributed by atoms with Gasteiger partial charge < -0.3 is 14.8 Å². The van der Waals surface area contributed by atoms with E-state index < -0.39 is 0 Å². The molecule has 0 aliphatic carbocycles. The van der Waals surface area contributed by atoms with E-state index in [0.717, 1.165) is 26.9 Å². The van der Waals surface area contributed by atoms with Crippen LogP contribution in [0.2, 0.25) is 0 Å². The second kappa shape index (κ2) is 10.8. The van der Waals surface area contributed by atoms with Gasteiger partial charge in [-0.25, -0.2) is 4.98 Å². The van der Waals surface area contributed by atoms with E-state index in [4.69, 9.17) is 9.47 Å². The maximum atomic E-state index is 12.4. The van der Waals surface area contributed by atoms with Crippen LogP contribution in [0.15, 0.2) is 54.6 Å². The molecule has 1 heterocycles. The Labute approximate surface area is 182 Å². The van der Waals surface area contributed by atoms with Gasteiger partial charge in [0.2, 0.25) is 5.91 Å². The van der Waals surface area contributed by atoms with Gasteiger partial charge in [0.25, 0.3) is 0 Å². The van der Waals surface area contributed by atoms with Crippen molar-refractivity contribution in [3.8, 4) is 22.1 Å². The van der Waals surface area contributed by atoms with E-state index >= 15 is 0 Å². The maximum Gasteiger partial charge on any atom is 0.220 e. The number of nitrogens with zero attached hydrogens (tertiary/aromatic N) is 1. The van der Waals surface area contributed by atoms with Crippen molar-refractivity contribution >= 4 is 17.2 Å². The molecule has 1 N–H and O–H groups in total. The fourth-order valence-electron chi connectivity index (χ4n) is 3.15. The molecule has 3 aromatic rings. The molecule has 1 atom stereocenters. The minimum atomic E-state index is -0.0768. The molecule has 0 spiro atoms. The van der Waals surface area contributed by atoms with Crippen LogP contribution in [0.1, 0.15) is 43.3 Å². The number of benzene rings is 2. The van der Waals surface area contributed by atoms with Gasteiger partial charge in [-0.3, -0.25) is 4.79 Å². The molecule has 1 unspecified atom stereocenters. The number of para-hydroxylation sites is 2. The molecule has 0 saturated heterocycles. The summed E-state index contributed by atoms with van der Waals surface area (Å²) >= 11 is 1.63. The Bertz CT molecular complexity index is 956. The second-order valence-electron chi connectivity index (χ2n) is 6.96. The number of thiazole rings is 1. The van der Waals surface area contributed by atoms with Crippen molar-refractivity contribution in [3.63, 3.8) is 0 Å². The average Bonchev–Trinajstić information content (AvgIpc) is 3.15. The second-order valence-corrected chi connectivity index (χ2v) is 7.99. The van der Waals surface area contributed by atoms with E-state index in [1.807, 2.05) is 63.2 Å². The topological polar surface area (TPSA) is 60.5 Å². The summed E-state index contributed by atoms with van der Waals surface area (Å²) in [6, 6.07) is 17.6. The van der Waals surface area contributed by atoms with Crippen molar-refractivity contribution in [2.24, 2.45) is 0 Å². The third-order valence-corrected chi connectivity index (χ3v) is 5.97. The molecule has 3 rings (SSSR count). The Morgan fingerprint density at radius 3 is 2.43 bits per heavy atom. The zero-order valence-corrected chi connectivity index (χ0v) is 18.5. The minimum absolute atomic E-state index is 0.0123. The summed E-state index contributed by atoms with van der Waals surface area (Å²) in [5.74, 6) is 1.45. The van der Waals surface area contributed by atoms with Gasteiger partial charge in [-0.05, 0) is 39.3 Å². The molecule has 1 amide bonds. The number of hydrogen-bond donors (Lipinski definition) is 1. The van der Waals surface area contributed by atoms with Crippen LogP contribution < -0.4 is 14.8 Å². The molecule has 30 heavy (non-hydrogen) atoms. The predicted octanol–water partition coefficient (Wildman–Crippen LogP) is 5.55. The van der Waals surface area contributed by atoms with Gasteiger partial charge in [0, 0.05) is 12.0 Å². The SMILES string of the molecule is CCOc1ccccc1OCCCC(=O)NC(C)c1sc(-c2ccccc2)nc1C. The van der Waals surface area contributed by atoms with Crippen LogP contribution in [0.4, 0.5) is 0 Å². The van der Waals surface area contributed by atoms with Gasteiger partial charge in [-0.2, -0.15) is 0 Å². The number of aromatic nitrogens is 1. The highest BCUT2D eigenvalue weighted by molar-refractivity contribution is 7.15. The standard InChI is InChI=1S/C24H28N2O3S/c1-4-28-20-13-8-9-14-21(20)29-16-10-15-22(27)25-17(2)23-18(3)26-24(30-23)19-11-6-5-7-12-19/h5-9,11-14,17H,4,10,15-16H2,1-3H3,(H,25,27). The zero-order chi connectivity index (χ0) is 21.3. The Kier molecular flexibility index (Phi) is 7.85. The molecule has 158 valence electrons. The summed E-state index contributed by atoms with van der Waals surface area (Å²) in [5, 5.41) is 4.06. The van der Waals surface area contributed by atoms with Gasteiger partial charge in [0.1, 0.15) is 5.01 Å². The summed E-state index contributed by atoms with van der Waals surface area (Å²) in [6.45, 7) is 6.98. The highest BCUT2D eigenvalue weighted by Gasteiger charge is 2.17. The van der Waals surface area contributed by atoms with Crippen molar-refractivity contribution in [1.29, 1.82) is 0 Å². The number of amides is 1. The van der Waals surface area contributed by atoms with Gasteiger partial charge in [0.15, 0.2) is 11.5 Å². The number of hydrogen-bond acceptors (Lipinski definition) is 5. The Morgan fingerprint density at radius 1 is 1.07 bits per heavy atom. The molecule has 1 aromatic heterocycles. The summed E-state index contributed by atoms with van der Waals surface area (Å²) < 4.78 is 11.3. The first kappa shape index (κ1) is 21.8. The minimum Gasteiger partial charge on any atom is -0.490 e. The monoisotopic (exact) mass is 424 g/mol. The number of rotatable bonds is 10. The van der Waals surface area contributed by atoms with E-state index in [0.29, 0.717) is 31.8 Å². The number of carbonyl (C=O) groups is 1. The van der Waals surface area contributed by atoms with Crippen LogP contribution in [-0.4, -0.2) is 24.1 Å². The summed E-state index contributed by atoms with van der Waals surface area (Å²) in [5.41, 5.74) is 2.06. The predicted molar refractivity (Wildman–Crippen MR) is 121 cm³/mol. The molecule has 0 saturated carbocycles. The van der Waals surface area contributed by atoms with Crippen LogP contribution in [-0.2, 0) is 4.79 Å². The third-order valence-electron chi connectivity index (χ3n) is 4.58. The first-order valence-corrected chi connectivity index (χ1v) is 11.1. The summed E-state index contributed by atoms with van der Waals surface area (Å²) in [7, 11) is 0. The summed E-state index contributed by atoms with van der Waals surface area (Å²) in [6.07, 6.45) is 1.04. The fourth-order valence-corrected chi connectivity index (χ4v) is 4.23. The normalized spacial score (nSPS) is 11.7. The average molecular weight is 425 g/mol. The lowest BCUT2D eigenvalue weighted by atomic mass is 10.2. The van der Waals surface area contributed by atoms with Crippen molar-refractivity contribution in [2.45, 2.75) is 39.7 Å². The Balaban J connectivity index is 1.48. The molecule has 6 heteroatoms. The highest BCUT2D eigenvalue weighted by atomic mass is 32.1. The number of aryl methyl sites for hydroxylation is 1. The number of nitrogens with one attached hydrogen (secondary N) is 1. The van der Waals surface area contributed by atoms with E-state index in [-0.39, 0.29) is 11.9 Å². The van der Waals surface area contributed by atoms with E-state index in [9.17, 15) is 4.79 Å². The molecule has 5 nitrogen and oxygen atoms in total. The number of carbonyl (C=O) groups excluding carboxylic acids is 1. The summed E-state index contributed by atoms with van der Waals surface area (Å²) in [4.78, 5) is 18.2. The maximum absolute atomic E-state index is 12.4. The Morgan fingerprint density at radius 2 is 1.73 bits per heavy atom. The molecule has 0 radical (unpaired) electrons. The zero-order valence-electron chi connectivity index (χ0n) is 17.7. The lowest BCUT2D eigenvalue weighted by molar-refractivity contribution is -0.121. The van der Waals surface area contributed by atoms with E-state index in [2.05, 4.69) is 22.4 Å². The first-order chi connectivity index (χ1) is 14.6. The molecule has 0 bridgehead atoms. The lowest BCUT2D eigenvalue weighted by Crippen LogP contribution is -2.26. The highest BCUT2D eigenvalue weighted by Crippen LogP contribution is 2.31. The van der Waals surface area contributed by atoms with Crippen LogP contribution in [0, 0.1) is 6.92 Å². The molecule has 0 aliphatic heterocycles. The van der Waals surface area contributed by atoms with E-state index in [1.165, 1.54) is 0 Å². The van der Waals surface area contributed by atoms with Crippen LogP contribution >= 0.6 is 11.3 Å². The van der Waals surface area contributed by atoms with Crippen molar-refractivity contribution < 1.29 is 14.3 Å². The molecule has 0 fully saturated rings. The molecule has 0 aliphatic rings. The van der Waals surface area contributed by atoms with Crippen molar-refractivity contribution in [2.75, 3.05) is 13.2 Å². The molecule has 2 aromatic carbocycles. The van der Waals surface area contributed by atoms with Crippen molar-refractivity contribution in [3.05, 3.63) is 65.2 Å². The van der Waals surface area contributed by atoms with Crippen molar-refractivity contribution in [1.82, 2.24) is 10.3 Å². The van der Waals surface area contributed by atoms with E-state index in [1.54, 1.807) is 11.3 Å². The Hall–Kier alpha value is -2.86. The molecular weight excluding hydrogens is 396 g/mol. The van der Waals surface area contributed by atoms with Gasteiger partial charge in [-0.1, -0.05) is 42.5 Å². The lowest BCUT2D eigenvalue weighted by Gasteiger charge is -2.14. The van der Waals surface area contributed by atoms with Gasteiger partial charge in [-0.15, -0.1) is 11.3 Å².